The first-order valence-corrected chi connectivity index (χ1v) is 11.1. The lowest BCUT2D eigenvalue weighted by atomic mass is 9.83. The molecule has 0 saturated heterocycles. The van der Waals surface area contributed by atoms with Crippen LogP contribution >= 0.6 is 0 Å². The van der Waals surface area contributed by atoms with Crippen molar-refractivity contribution in [3.05, 3.63) is 24.3 Å². The van der Waals surface area contributed by atoms with Gasteiger partial charge in [0.25, 0.3) is 0 Å². The summed E-state index contributed by atoms with van der Waals surface area (Å²) in [7, 11) is 3.06. The van der Waals surface area contributed by atoms with Gasteiger partial charge >= 0.3 is 5.97 Å². The highest BCUT2D eigenvalue weighted by Gasteiger charge is 2.39. The van der Waals surface area contributed by atoms with Gasteiger partial charge in [0.1, 0.15) is 5.78 Å². The predicted octanol–water partition coefficient (Wildman–Crippen LogP) is 3.60. The minimum atomic E-state index is -0.993. The number of ether oxygens (including phenoxy) is 2. The summed E-state index contributed by atoms with van der Waals surface area (Å²) >= 11 is 0. The summed E-state index contributed by atoms with van der Waals surface area (Å²) in [4.78, 5) is 23.5. The van der Waals surface area contributed by atoms with E-state index in [0.29, 0.717) is 19.3 Å². The molecule has 6 heteroatoms. The fourth-order valence-electron chi connectivity index (χ4n) is 3.81. The number of esters is 1. The molecule has 1 rings (SSSR count). The first kappa shape index (κ1) is 26.5. The van der Waals surface area contributed by atoms with Gasteiger partial charge in [0.15, 0.2) is 0 Å². The van der Waals surface area contributed by atoms with Crippen molar-refractivity contribution in [2.24, 2.45) is 17.8 Å². The Kier molecular flexibility index (Phi) is 12.1. The van der Waals surface area contributed by atoms with E-state index in [9.17, 15) is 19.8 Å². The molecule has 1 aliphatic rings. The zero-order valence-electron chi connectivity index (χ0n) is 19.0. The number of aliphatic hydroxyl groups excluding tert-OH is 1. The van der Waals surface area contributed by atoms with Crippen molar-refractivity contribution in [2.75, 3.05) is 20.8 Å². The van der Waals surface area contributed by atoms with E-state index in [-0.39, 0.29) is 35.9 Å². The van der Waals surface area contributed by atoms with Crippen molar-refractivity contribution in [1.82, 2.24) is 0 Å². The Labute approximate surface area is 181 Å². The van der Waals surface area contributed by atoms with Gasteiger partial charge in [-0.25, -0.2) is 0 Å². The number of unbranched alkanes of at least 4 members (excludes halogenated alkanes) is 2. The van der Waals surface area contributed by atoms with Gasteiger partial charge in [-0.05, 0) is 44.9 Å². The number of ketones is 1. The number of hydrogen-bond donors (Lipinski definition) is 2. The normalized spacial score (nSPS) is 25.1. The minimum Gasteiger partial charge on any atom is -0.469 e. The molecule has 0 spiro atoms. The summed E-state index contributed by atoms with van der Waals surface area (Å²) in [6, 6.07) is 0. The van der Waals surface area contributed by atoms with Crippen LogP contribution in [0.3, 0.4) is 0 Å². The van der Waals surface area contributed by atoms with Crippen LogP contribution in [-0.2, 0) is 19.1 Å². The second-order valence-electron chi connectivity index (χ2n) is 8.57. The third kappa shape index (κ3) is 9.11. The lowest BCUT2D eigenvalue weighted by molar-refractivity contribution is -0.140. The maximum absolute atomic E-state index is 12.3. The van der Waals surface area contributed by atoms with Crippen molar-refractivity contribution >= 4 is 11.8 Å². The van der Waals surface area contributed by atoms with Gasteiger partial charge in [0.2, 0.25) is 0 Å². The monoisotopic (exact) mass is 424 g/mol. The first-order valence-electron chi connectivity index (χ1n) is 11.1. The summed E-state index contributed by atoms with van der Waals surface area (Å²) in [6.07, 6.45) is 12.2. The number of rotatable bonds is 14. The molecule has 5 atom stereocenters. The highest BCUT2D eigenvalue weighted by Crippen LogP contribution is 2.34. The number of allylic oxidation sites excluding steroid dienone is 2. The molecule has 0 aromatic heterocycles. The molecule has 1 aliphatic carbocycles. The first-order chi connectivity index (χ1) is 14.2. The van der Waals surface area contributed by atoms with E-state index >= 15 is 0 Å². The molecule has 0 aromatic carbocycles. The molecule has 1 saturated carbocycles. The average Bonchev–Trinajstić information content (AvgIpc) is 2.98. The van der Waals surface area contributed by atoms with Crippen LogP contribution in [0, 0.1) is 17.8 Å². The number of Topliss-reactive ketones (excluding diaryl/α,β-unsaturated/α-hetero) is 1. The minimum absolute atomic E-state index is 0.0589. The Morgan fingerprint density at radius 3 is 2.67 bits per heavy atom. The van der Waals surface area contributed by atoms with Gasteiger partial charge in [0, 0.05) is 38.4 Å². The summed E-state index contributed by atoms with van der Waals surface area (Å²) in [5.41, 5.74) is -0.993. The molecule has 1 fully saturated rings. The molecule has 0 radical (unpaired) electrons. The van der Waals surface area contributed by atoms with Crippen LogP contribution in [0.1, 0.15) is 65.2 Å². The average molecular weight is 425 g/mol. The van der Waals surface area contributed by atoms with E-state index < -0.39 is 11.7 Å². The Balaban J connectivity index is 2.59. The largest absolute Gasteiger partial charge is 0.469 e. The Morgan fingerprint density at radius 2 is 2.00 bits per heavy atom. The van der Waals surface area contributed by atoms with Gasteiger partial charge in [0.05, 0.1) is 18.8 Å². The van der Waals surface area contributed by atoms with Gasteiger partial charge in [-0.1, -0.05) is 37.6 Å². The van der Waals surface area contributed by atoms with Crippen molar-refractivity contribution in [3.63, 3.8) is 0 Å². The zero-order chi connectivity index (χ0) is 22.6. The third-order valence-corrected chi connectivity index (χ3v) is 6.16. The number of aliphatic hydroxyl groups is 2. The van der Waals surface area contributed by atoms with Crippen LogP contribution in [0.4, 0.5) is 0 Å². The van der Waals surface area contributed by atoms with Crippen LogP contribution in [0.25, 0.3) is 0 Å². The summed E-state index contributed by atoms with van der Waals surface area (Å²) in [5.74, 6) is -0.662. The summed E-state index contributed by atoms with van der Waals surface area (Å²) < 4.78 is 9.68. The van der Waals surface area contributed by atoms with Crippen molar-refractivity contribution in [2.45, 2.75) is 76.9 Å². The maximum Gasteiger partial charge on any atom is 0.305 e. The second kappa shape index (κ2) is 13.7. The fraction of sp³-hybridized carbons (Fsp3) is 0.750. The molecule has 0 aromatic rings. The molecule has 2 unspecified atom stereocenters. The Bertz CT molecular complexity index is 580. The van der Waals surface area contributed by atoms with Crippen molar-refractivity contribution in [1.29, 1.82) is 0 Å². The topological polar surface area (TPSA) is 93.1 Å². The molecular weight excluding hydrogens is 384 g/mol. The van der Waals surface area contributed by atoms with Crippen LogP contribution in [0.2, 0.25) is 0 Å². The number of methoxy groups -OCH3 is 2. The van der Waals surface area contributed by atoms with Gasteiger partial charge < -0.3 is 19.7 Å². The van der Waals surface area contributed by atoms with E-state index in [1.54, 1.807) is 20.1 Å². The van der Waals surface area contributed by atoms with Crippen LogP contribution < -0.4 is 0 Å². The summed E-state index contributed by atoms with van der Waals surface area (Å²) in [5, 5.41) is 21.2. The fourth-order valence-corrected chi connectivity index (χ4v) is 3.81. The number of carbonyl (C=O) groups is 2. The summed E-state index contributed by atoms with van der Waals surface area (Å²) in [6.45, 7) is 4.52. The lowest BCUT2D eigenvalue weighted by Gasteiger charge is -2.28. The smallest absolute Gasteiger partial charge is 0.305 e. The number of hydrogen-bond acceptors (Lipinski definition) is 6. The standard InChI is InChI=1S/C24H40O6/c1-18(11-9-10-16-29-3)24(2,28)15-14-20-19(21(25)17-22(20)26)12-7-5-6-8-13-23(27)30-4/h5,7,14-15,18-20,22,26,28H,6,8-13,16-17H2,1-4H3/b7-5-,15-14+/t18?,19-,20-,22-,24?/m1/s1. The molecule has 0 bridgehead atoms. The van der Waals surface area contributed by atoms with E-state index in [1.165, 1.54) is 7.11 Å². The quantitative estimate of drug-likeness (QED) is 0.251. The molecule has 6 nitrogen and oxygen atoms in total. The molecule has 30 heavy (non-hydrogen) atoms. The molecule has 0 amide bonds. The van der Waals surface area contributed by atoms with Crippen LogP contribution in [0.15, 0.2) is 24.3 Å². The van der Waals surface area contributed by atoms with E-state index in [1.807, 2.05) is 25.2 Å². The Hall–Kier alpha value is -1.50. The highest BCUT2D eigenvalue weighted by atomic mass is 16.5. The molecule has 0 heterocycles. The van der Waals surface area contributed by atoms with Gasteiger partial charge in [-0.15, -0.1) is 0 Å². The highest BCUT2D eigenvalue weighted by molar-refractivity contribution is 5.84. The predicted molar refractivity (Wildman–Crippen MR) is 117 cm³/mol. The molecule has 0 aliphatic heterocycles. The molecular formula is C24H40O6. The van der Waals surface area contributed by atoms with E-state index in [0.717, 1.165) is 32.3 Å². The zero-order valence-corrected chi connectivity index (χ0v) is 19.0. The van der Waals surface area contributed by atoms with Crippen molar-refractivity contribution in [3.8, 4) is 0 Å². The van der Waals surface area contributed by atoms with Crippen LogP contribution in [0.5, 0.6) is 0 Å². The van der Waals surface area contributed by atoms with Gasteiger partial charge in [-0.3, -0.25) is 9.59 Å². The second-order valence-corrected chi connectivity index (χ2v) is 8.57. The maximum atomic E-state index is 12.3. The van der Waals surface area contributed by atoms with E-state index in [4.69, 9.17) is 4.74 Å². The molecule has 172 valence electrons. The SMILES string of the molecule is COCCCCC(C)C(C)(O)/C=C/[C@H]1[C@H](O)CC(=O)[C@@H]1C/C=C\CCCC(=O)OC. The van der Waals surface area contributed by atoms with Crippen molar-refractivity contribution < 1.29 is 29.3 Å². The Morgan fingerprint density at radius 1 is 1.27 bits per heavy atom. The molecule has 2 N–H and O–H groups in total. The van der Waals surface area contributed by atoms with Gasteiger partial charge in [-0.2, -0.15) is 0 Å². The van der Waals surface area contributed by atoms with E-state index in [2.05, 4.69) is 4.74 Å². The lowest BCUT2D eigenvalue weighted by Crippen LogP contribution is -2.31. The van der Waals surface area contributed by atoms with Crippen LogP contribution in [-0.4, -0.2) is 54.5 Å². The third-order valence-electron chi connectivity index (χ3n) is 6.16. The number of carbonyl (C=O) groups excluding carboxylic acids is 2.